The van der Waals surface area contributed by atoms with Crippen molar-refractivity contribution in [2.24, 2.45) is 0 Å². The van der Waals surface area contributed by atoms with Crippen LogP contribution in [0.5, 0.6) is 0 Å². The minimum absolute atomic E-state index is 0.0722. The van der Waals surface area contributed by atoms with Crippen molar-refractivity contribution in [3.8, 4) is 0 Å². The summed E-state index contributed by atoms with van der Waals surface area (Å²) in [5.74, 6) is -0.0722. The van der Waals surface area contributed by atoms with Crippen molar-refractivity contribution in [1.82, 2.24) is 0 Å². The normalized spacial score (nSPS) is 12.7. The van der Waals surface area contributed by atoms with Gasteiger partial charge >= 0.3 is 0 Å². The molecule has 19 heavy (non-hydrogen) atoms. The fraction of sp³-hybridized carbons (Fsp3) is 0.133. The molecule has 4 heteroatoms. The van der Waals surface area contributed by atoms with Gasteiger partial charge in [-0.3, -0.25) is 4.79 Å². The molecule has 0 spiro atoms. The Hall–Kier alpha value is -1.81. The summed E-state index contributed by atoms with van der Waals surface area (Å²) in [5, 5.41) is 6.18. The highest BCUT2D eigenvalue weighted by molar-refractivity contribution is 9.10. The van der Waals surface area contributed by atoms with Crippen LogP contribution >= 0.6 is 15.9 Å². The highest BCUT2D eigenvalue weighted by atomic mass is 79.9. The van der Waals surface area contributed by atoms with Crippen molar-refractivity contribution in [2.75, 3.05) is 17.2 Å². The molecule has 2 N–H and O–H groups in total. The molecule has 2 aromatic carbocycles. The first-order valence-corrected chi connectivity index (χ1v) is 6.95. The SMILES string of the molecule is O=C(Nc1ccc(Br)cc1)c1ccc2c(c1)CCN2. The number of anilines is 2. The van der Waals surface area contributed by atoms with Crippen molar-refractivity contribution in [1.29, 1.82) is 0 Å². The van der Waals surface area contributed by atoms with E-state index in [2.05, 4.69) is 26.6 Å². The first-order chi connectivity index (χ1) is 9.22. The Kier molecular flexibility index (Phi) is 3.25. The molecule has 1 heterocycles. The van der Waals surface area contributed by atoms with E-state index in [0.29, 0.717) is 5.56 Å². The second kappa shape index (κ2) is 5.05. The fourth-order valence-corrected chi connectivity index (χ4v) is 2.45. The lowest BCUT2D eigenvalue weighted by atomic mass is 10.1. The summed E-state index contributed by atoms with van der Waals surface area (Å²) < 4.78 is 0.995. The molecular weight excluding hydrogens is 304 g/mol. The maximum absolute atomic E-state index is 12.2. The Morgan fingerprint density at radius 3 is 2.74 bits per heavy atom. The summed E-state index contributed by atoms with van der Waals surface area (Å²) in [4.78, 5) is 12.2. The van der Waals surface area contributed by atoms with E-state index in [4.69, 9.17) is 0 Å². The van der Waals surface area contributed by atoms with E-state index in [9.17, 15) is 4.79 Å². The minimum Gasteiger partial charge on any atom is -0.384 e. The summed E-state index contributed by atoms with van der Waals surface area (Å²) in [6.07, 6.45) is 0.981. The van der Waals surface area contributed by atoms with Gasteiger partial charge in [-0.05, 0) is 54.4 Å². The van der Waals surface area contributed by atoms with E-state index >= 15 is 0 Å². The smallest absolute Gasteiger partial charge is 0.255 e. The Morgan fingerprint density at radius 1 is 1.16 bits per heavy atom. The van der Waals surface area contributed by atoms with Crippen LogP contribution < -0.4 is 10.6 Å². The molecule has 0 atom stereocenters. The van der Waals surface area contributed by atoms with Gasteiger partial charge in [0.25, 0.3) is 5.91 Å². The number of hydrogen-bond donors (Lipinski definition) is 2. The lowest BCUT2D eigenvalue weighted by molar-refractivity contribution is 0.102. The molecule has 3 rings (SSSR count). The number of halogens is 1. The predicted molar refractivity (Wildman–Crippen MR) is 80.7 cm³/mol. The average Bonchev–Trinajstić information content (AvgIpc) is 2.88. The van der Waals surface area contributed by atoms with Crippen LogP contribution in [0.15, 0.2) is 46.9 Å². The van der Waals surface area contributed by atoms with Crippen molar-refractivity contribution >= 4 is 33.2 Å². The van der Waals surface area contributed by atoms with Gasteiger partial charge in [-0.15, -0.1) is 0 Å². The Balaban J connectivity index is 1.78. The molecule has 1 amide bonds. The van der Waals surface area contributed by atoms with E-state index < -0.39 is 0 Å². The average molecular weight is 317 g/mol. The molecule has 0 aromatic heterocycles. The third-order valence-electron chi connectivity index (χ3n) is 3.18. The second-order valence-electron chi connectivity index (χ2n) is 4.51. The number of amides is 1. The molecule has 1 aliphatic rings. The number of carbonyl (C=O) groups is 1. The van der Waals surface area contributed by atoms with Gasteiger partial charge in [0.2, 0.25) is 0 Å². The van der Waals surface area contributed by atoms with Crippen LogP contribution in [-0.2, 0) is 6.42 Å². The van der Waals surface area contributed by atoms with Crippen molar-refractivity contribution in [3.63, 3.8) is 0 Å². The highest BCUT2D eigenvalue weighted by Crippen LogP contribution is 2.23. The van der Waals surface area contributed by atoms with Gasteiger partial charge in [-0.1, -0.05) is 15.9 Å². The van der Waals surface area contributed by atoms with E-state index in [1.807, 2.05) is 42.5 Å². The molecule has 2 aromatic rings. The van der Waals surface area contributed by atoms with E-state index in [0.717, 1.165) is 28.8 Å². The Morgan fingerprint density at radius 2 is 1.95 bits per heavy atom. The van der Waals surface area contributed by atoms with Gasteiger partial charge in [0.15, 0.2) is 0 Å². The van der Waals surface area contributed by atoms with Crippen LogP contribution in [0.3, 0.4) is 0 Å². The minimum atomic E-state index is -0.0722. The first-order valence-electron chi connectivity index (χ1n) is 6.16. The Labute approximate surface area is 120 Å². The third kappa shape index (κ3) is 2.63. The monoisotopic (exact) mass is 316 g/mol. The Bertz CT molecular complexity index is 623. The van der Waals surface area contributed by atoms with Gasteiger partial charge in [-0.2, -0.15) is 0 Å². The van der Waals surface area contributed by atoms with Crippen LogP contribution in [0, 0.1) is 0 Å². The van der Waals surface area contributed by atoms with Gasteiger partial charge in [-0.25, -0.2) is 0 Å². The molecule has 0 saturated carbocycles. The van der Waals surface area contributed by atoms with E-state index in [1.54, 1.807) is 0 Å². The van der Waals surface area contributed by atoms with Gasteiger partial charge in [0.1, 0.15) is 0 Å². The van der Waals surface area contributed by atoms with Crippen molar-refractivity contribution in [3.05, 3.63) is 58.1 Å². The number of rotatable bonds is 2. The summed E-state index contributed by atoms with van der Waals surface area (Å²) in [6.45, 7) is 0.952. The predicted octanol–water partition coefficient (Wildman–Crippen LogP) is 3.67. The maximum atomic E-state index is 12.2. The van der Waals surface area contributed by atoms with E-state index in [-0.39, 0.29) is 5.91 Å². The zero-order valence-electron chi connectivity index (χ0n) is 10.2. The highest BCUT2D eigenvalue weighted by Gasteiger charge is 2.13. The number of benzene rings is 2. The molecule has 0 aliphatic carbocycles. The topological polar surface area (TPSA) is 41.1 Å². The quantitative estimate of drug-likeness (QED) is 0.887. The third-order valence-corrected chi connectivity index (χ3v) is 3.71. The number of fused-ring (bicyclic) bond motifs is 1. The molecular formula is C15H13BrN2O. The van der Waals surface area contributed by atoms with Crippen molar-refractivity contribution in [2.45, 2.75) is 6.42 Å². The number of carbonyl (C=O) groups excluding carboxylic acids is 1. The zero-order chi connectivity index (χ0) is 13.2. The van der Waals surface area contributed by atoms with Crippen LogP contribution in [-0.4, -0.2) is 12.5 Å². The molecule has 0 saturated heterocycles. The van der Waals surface area contributed by atoms with Crippen LogP contribution in [0.1, 0.15) is 15.9 Å². The summed E-state index contributed by atoms with van der Waals surface area (Å²) in [6, 6.07) is 13.3. The van der Waals surface area contributed by atoms with Crippen LogP contribution in [0.2, 0.25) is 0 Å². The number of nitrogens with one attached hydrogen (secondary N) is 2. The van der Waals surface area contributed by atoms with E-state index in [1.165, 1.54) is 5.56 Å². The molecule has 0 bridgehead atoms. The van der Waals surface area contributed by atoms with Crippen molar-refractivity contribution < 1.29 is 4.79 Å². The molecule has 0 fully saturated rings. The molecule has 3 nitrogen and oxygen atoms in total. The standard InChI is InChI=1S/C15H13BrN2O/c16-12-2-4-13(5-3-12)18-15(19)11-1-6-14-10(9-11)7-8-17-14/h1-6,9,17H,7-8H2,(H,18,19). The largest absolute Gasteiger partial charge is 0.384 e. The lowest BCUT2D eigenvalue weighted by Gasteiger charge is -2.07. The van der Waals surface area contributed by atoms with Gasteiger partial charge < -0.3 is 10.6 Å². The number of hydrogen-bond acceptors (Lipinski definition) is 2. The summed E-state index contributed by atoms with van der Waals surface area (Å²) >= 11 is 3.37. The second-order valence-corrected chi connectivity index (χ2v) is 5.43. The molecule has 1 aliphatic heterocycles. The zero-order valence-corrected chi connectivity index (χ0v) is 11.8. The molecule has 96 valence electrons. The van der Waals surface area contributed by atoms with Crippen LogP contribution in [0.4, 0.5) is 11.4 Å². The maximum Gasteiger partial charge on any atom is 0.255 e. The molecule has 0 radical (unpaired) electrons. The van der Waals surface area contributed by atoms with Gasteiger partial charge in [0.05, 0.1) is 0 Å². The van der Waals surface area contributed by atoms with Crippen LogP contribution in [0.25, 0.3) is 0 Å². The first kappa shape index (κ1) is 12.2. The van der Waals surface area contributed by atoms with Gasteiger partial charge in [0, 0.05) is 28.0 Å². The fourth-order valence-electron chi connectivity index (χ4n) is 2.18. The summed E-state index contributed by atoms with van der Waals surface area (Å²) in [7, 11) is 0. The molecule has 0 unspecified atom stereocenters. The lowest BCUT2D eigenvalue weighted by Crippen LogP contribution is -2.11. The summed E-state index contributed by atoms with van der Waals surface area (Å²) in [5.41, 5.74) is 3.85.